The third kappa shape index (κ3) is 3.01. The summed E-state index contributed by atoms with van der Waals surface area (Å²) in [6, 6.07) is 6.13. The minimum atomic E-state index is -1.09. The second-order valence-electron chi connectivity index (χ2n) is 5.25. The van der Waals surface area contributed by atoms with Gasteiger partial charge in [-0.3, -0.25) is 0 Å². The van der Waals surface area contributed by atoms with Crippen molar-refractivity contribution in [3.8, 4) is 11.5 Å². The fourth-order valence-corrected chi connectivity index (χ4v) is 2.36. The molecule has 0 saturated heterocycles. The molecule has 0 aliphatic heterocycles. The fraction of sp³-hybridized carbons (Fsp3) is 0.538. The summed E-state index contributed by atoms with van der Waals surface area (Å²) in [7, 11) is 0.614. The molecule has 0 N–H and O–H groups in total. The summed E-state index contributed by atoms with van der Waals surface area (Å²) in [5, 5.41) is 0. The molecule has 0 saturated carbocycles. The Hall–Kier alpha value is -0.963. The highest BCUT2D eigenvalue weighted by Crippen LogP contribution is 2.38. The SMILES string of the molecule is COc1c(O[SiH](C)C)cccc1C(C)(C)C. The van der Waals surface area contributed by atoms with Gasteiger partial charge >= 0.3 is 0 Å². The van der Waals surface area contributed by atoms with E-state index >= 15 is 0 Å². The standard InChI is InChI=1S/C13H22O2Si/c1-13(2,3)10-8-7-9-11(12(10)14-4)15-16(5)6/h7-9,16H,1-6H3. The van der Waals surface area contributed by atoms with Crippen LogP contribution < -0.4 is 9.16 Å². The number of hydrogen-bond donors (Lipinski definition) is 0. The Morgan fingerprint density at radius 2 is 1.75 bits per heavy atom. The van der Waals surface area contributed by atoms with Crippen LogP contribution >= 0.6 is 0 Å². The van der Waals surface area contributed by atoms with E-state index in [0.29, 0.717) is 0 Å². The second-order valence-corrected chi connectivity index (χ2v) is 7.59. The largest absolute Gasteiger partial charge is 0.544 e. The third-order valence-corrected chi connectivity index (χ3v) is 3.08. The highest BCUT2D eigenvalue weighted by molar-refractivity contribution is 6.49. The first-order valence-corrected chi connectivity index (χ1v) is 8.48. The van der Waals surface area contributed by atoms with E-state index in [-0.39, 0.29) is 5.41 Å². The number of ether oxygens (including phenoxy) is 1. The molecule has 1 rings (SSSR count). The van der Waals surface area contributed by atoms with Crippen LogP contribution in [0.5, 0.6) is 11.5 Å². The van der Waals surface area contributed by atoms with Crippen LogP contribution in [0.15, 0.2) is 18.2 Å². The minimum absolute atomic E-state index is 0.0727. The van der Waals surface area contributed by atoms with E-state index in [1.807, 2.05) is 12.1 Å². The van der Waals surface area contributed by atoms with Gasteiger partial charge in [0.15, 0.2) is 5.75 Å². The summed E-state index contributed by atoms with van der Waals surface area (Å²) in [4.78, 5) is 0. The van der Waals surface area contributed by atoms with Crippen molar-refractivity contribution in [2.45, 2.75) is 39.3 Å². The van der Waals surface area contributed by atoms with Gasteiger partial charge in [-0.2, -0.15) is 0 Å². The molecule has 1 aromatic rings. The Morgan fingerprint density at radius 3 is 2.19 bits per heavy atom. The molecule has 0 amide bonds. The van der Waals surface area contributed by atoms with Gasteiger partial charge in [-0.25, -0.2) is 0 Å². The Morgan fingerprint density at radius 1 is 1.12 bits per heavy atom. The topological polar surface area (TPSA) is 18.5 Å². The smallest absolute Gasteiger partial charge is 0.229 e. The molecule has 0 unspecified atom stereocenters. The summed E-state index contributed by atoms with van der Waals surface area (Å²) in [6.45, 7) is 10.9. The van der Waals surface area contributed by atoms with Gasteiger partial charge in [0, 0.05) is 5.56 Å². The molecule has 0 aromatic heterocycles. The van der Waals surface area contributed by atoms with Gasteiger partial charge in [0.05, 0.1) is 7.11 Å². The van der Waals surface area contributed by atoms with Crippen molar-refractivity contribution in [3.05, 3.63) is 23.8 Å². The van der Waals surface area contributed by atoms with Gasteiger partial charge in [0.25, 0.3) is 0 Å². The van der Waals surface area contributed by atoms with E-state index < -0.39 is 9.04 Å². The predicted molar refractivity (Wildman–Crippen MR) is 71.2 cm³/mol. The summed E-state index contributed by atoms with van der Waals surface area (Å²) in [5.74, 6) is 1.77. The Balaban J connectivity index is 3.21. The molecule has 3 heteroatoms. The van der Waals surface area contributed by atoms with E-state index in [4.69, 9.17) is 9.16 Å². The van der Waals surface area contributed by atoms with Crippen LogP contribution in [-0.4, -0.2) is 16.2 Å². The molecule has 1 aromatic carbocycles. The molecule has 16 heavy (non-hydrogen) atoms. The van der Waals surface area contributed by atoms with Crippen LogP contribution in [0.3, 0.4) is 0 Å². The predicted octanol–water partition coefficient (Wildman–Crippen LogP) is 3.35. The second kappa shape index (κ2) is 4.91. The maximum Gasteiger partial charge on any atom is 0.229 e. The monoisotopic (exact) mass is 238 g/mol. The van der Waals surface area contributed by atoms with Crippen molar-refractivity contribution in [2.75, 3.05) is 7.11 Å². The van der Waals surface area contributed by atoms with Crippen molar-refractivity contribution >= 4 is 9.04 Å². The van der Waals surface area contributed by atoms with Crippen molar-refractivity contribution in [3.63, 3.8) is 0 Å². The molecule has 0 aliphatic rings. The van der Waals surface area contributed by atoms with Gasteiger partial charge in [-0.1, -0.05) is 32.9 Å². The highest BCUT2D eigenvalue weighted by atomic mass is 28.3. The summed E-state index contributed by atoms with van der Waals surface area (Å²) in [5.41, 5.74) is 1.27. The molecule has 2 nitrogen and oxygen atoms in total. The fourth-order valence-electron chi connectivity index (χ4n) is 1.66. The number of rotatable bonds is 3. The first kappa shape index (κ1) is 13.1. The van der Waals surface area contributed by atoms with Crippen LogP contribution in [0.1, 0.15) is 26.3 Å². The number of hydrogen-bond acceptors (Lipinski definition) is 2. The lowest BCUT2D eigenvalue weighted by atomic mass is 9.86. The van der Waals surface area contributed by atoms with Crippen LogP contribution in [-0.2, 0) is 5.41 Å². The zero-order valence-corrected chi connectivity index (χ0v) is 12.3. The average molecular weight is 238 g/mol. The number of methoxy groups -OCH3 is 1. The maximum atomic E-state index is 5.89. The Bertz CT molecular complexity index is 353. The molecular weight excluding hydrogens is 216 g/mol. The molecule has 0 fully saturated rings. The minimum Gasteiger partial charge on any atom is -0.544 e. The molecule has 0 aliphatic carbocycles. The Kier molecular flexibility index (Phi) is 4.02. The van der Waals surface area contributed by atoms with E-state index in [1.165, 1.54) is 5.56 Å². The van der Waals surface area contributed by atoms with Crippen molar-refractivity contribution in [1.82, 2.24) is 0 Å². The first-order valence-electron chi connectivity index (χ1n) is 5.70. The number of benzene rings is 1. The summed E-state index contributed by atoms with van der Waals surface area (Å²) < 4.78 is 11.4. The van der Waals surface area contributed by atoms with Crippen LogP contribution in [0.4, 0.5) is 0 Å². The van der Waals surface area contributed by atoms with E-state index in [1.54, 1.807) is 7.11 Å². The molecule has 0 atom stereocenters. The highest BCUT2D eigenvalue weighted by Gasteiger charge is 2.21. The molecule has 90 valence electrons. The Labute approximate surface area is 100 Å². The van der Waals surface area contributed by atoms with E-state index in [0.717, 1.165) is 11.5 Å². The van der Waals surface area contributed by atoms with Crippen LogP contribution in [0.25, 0.3) is 0 Å². The molecular formula is C13H22O2Si. The van der Waals surface area contributed by atoms with Gasteiger partial charge in [0.1, 0.15) is 5.75 Å². The lowest BCUT2D eigenvalue weighted by Crippen LogP contribution is -2.16. The molecule has 0 spiro atoms. The third-order valence-electron chi connectivity index (χ3n) is 2.35. The van der Waals surface area contributed by atoms with Gasteiger partial charge < -0.3 is 9.16 Å². The van der Waals surface area contributed by atoms with Crippen molar-refractivity contribution in [2.24, 2.45) is 0 Å². The summed E-state index contributed by atoms with van der Waals surface area (Å²) >= 11 is 0. The maximum absolute atomic E-state index is 5.89. The van der Waals surface area contributed by atoms with Crippen LogP contribution in [0.2, 0.25) is 13.1 Å². The van der Waals surface area contributed by atoms with Gasteiger partial charge in [-0.05, 0) is 24.6 Å². The van der Waals surface area contributed by atoms with Gasteiger partial charge in [-0.15, -0.1) is 0 Å². The first-order chi connectivity index (χ1) is 7.36. The zero-order chi connectivity index (χ0) is 12.3. The molecule has 0 radical (unpaired) electrons. The quantitative estimate of drug-likeness (QED) is 0.752. The molecule has 0 bridgehead atoms. The normalized spacial score (nSPS) is 11.7. The van der Waals surface area contributed by atoms with Crippen molar-refractivity contribution in [1.29, 1.82) is 0 Å². The number of para-hydroxylation sites is 1. The lowest BCUT2D eigenvalue weighted by molar-refractivity contribution is 0.378. The van der Waals surface area contributed by atoms with E-state index in [2.05, 4.69) is 39.9 Å². The molecule has 0 heterocycles. The zero-order valence-electron chi connectivity index (χ0n) is 11.1. The average Bonchev–Trinajstić information content (AvgIpc) is 2.15. The van der Waals surface area contributed by atoms with Crippen molar-refractivity contribution < 1.29 is 9.16 Å². The lowest BCUT2D eigenvalue weighted by Gasteiger charge is -2.24. The summed E-state index contributed by atoms with van der Waals surface area (Å²) in [6.07, 6.45) is 0. The van der Waals surface area contributed by atoms with E-state index in [9.17, 15) is 0 Å². The van der Waals surface area contributed by atoms with Gasteiger partial charge in [0.2, 0.25) is 9.04 Å². The van der Waals surface area contributed by atoms with Crippen LogP contribution in [0, 0.1) is 0 Å².